The van der Waals surface area contributed by atoms with Crippen molar-refractivity contribution in [2.24, 2.45) is 11.8 Å². The largest absolute Gasteiger partial charge is 0.257 e. The summed E-state index contributed by atoms with van der Waals surface area (Å²) < 4.78 is 0. The van der Waals surface area contributed by atoms with E-state index in [0.29, 0.717) is 17.9 Å². The number of allylic oxidation sites excluding steroid dienone is 2. The fourth-order valence-corrected chi connectivity index (χ4v) is 1.76. The van der Waals surface area contributed by atoms with Gasteiger partial charge in [-0.15, -0.1) is 0 Å². The second kappa shape index (κ2) is 3.04. The molecule has 0 aromatic carbocycles. The van der Waals surface area contributed by atoms with Crippen LogP contribution >= 0.6 is 0 Å². The van der Waals surface area contributed by atoms with Gasteiger partial charge >= 0.3 is 0 Å². The maximum atomic E-state index is 3.27. The molecule has 2 heteroatoms. The quantitative estimate of drug-likeness (QED) is 0.609. The topological polar surface area (TPSA) is 24.1 Å². The molecule has 0 aromatic heterocycles. The third-order valence-corrected chi connectivity index (χ3v) is 2.64. The Labute approximate surface area is 73.7 Å². The van der Waals surface area contributed by atoms with E-state index < -0.39 is 0 Å². The standard InChI is InChI=1S/C10H16N2/c1-7(2)8-3-4-9-6-11-12-10(9)5-8/h3-5,7,9-12H,6H2,1-2H3. The average Bonchev–Trinajstić information content (AvgIpc) is 2.49. The highest BCUT2D eigenvalue weighted by Gasteiger charge is 2.25. The molecule has 2 atom stereocenters. The monoisotopic (exact) mass is 164 g/mol. The number of hydrogen-bond donors (Lipinski definition) is 2. The second-order valence-corrected chi connectivity index (χ2v) is 3.90. The molecule has 2 aliphatic rings. The van der Waals surface area contributed by atoms with Crippen molar-refractivity contribution in [1.29, 1.82) is 0 Å². The molecule has 2 unspecified atom stereocenters. The zero-order valence-corrected chi connectivity index (χ0v) is 7.67. The zero-order chi connectivity index (χ0) is 8.55. The highest BCUT2D eigenvalue weighted by molar-refractivity contribution is 5.30. The van der Waals surface area contributed by atoms with Gasteiger partial charge < -0.3 is 0 Å². The fourth-order valence-electron chi connectivity index (χ4n) is 1.76. The highest BCUT2D eigenvalue weighted by atomic mass is 15.4. The lowest BCUT2D eigenvalue weighted by Gasteiger charge is -2.19. The number of hydrogen-bond acceptors (Lipinski definition) is 2. The third-order valence-electron chi connectivity index (χ3n) is 2.64. The van der Waals surface area contributed by atoms with E-state index in [-0.39, 0.29) is 0 Å². The number of rotatable bonds is 1. The highest BCUT2D eigenvalue weighted by Crippen LogP contribution is 2.23. The van der Waals surface area contributed by atoms with E-state index in [1.54, 1.807) is 0 Å². The minimum absolute atomic E-state index is 0.521. The van der Waals surface area contributed by atoms with Crippen LogP contribution in [0.1, 0.15) is 13.8 Å². The molecule has 1 aliphatic heterocycles. The minimum atomic E-state index is 0.521. The first kappa shape index (κ1) is 8.02. The summed E-state index contributed by atoms with van der Waals surface area (Å²) in [6, 6.07) is 0.521. The Bertz CT molecular complexity index is 228. The number of fused-ring (bicyclic) bond motifs is 1. The van der Waals surface area contributed by atoms with Crippen LogP contribution in [-0.2, 0) is 0 Å². The molecule has 2 N–H and O–H groups in total. The predicted octanol–water partition coefficient (Wildman–Crippen LogP) is 1.23. The molecule has 2 rings (SSSR count). The lowest BCUT2D eigenvalue weighted by Crippen LogP contribution is -2.30. The van der Waals surface area contributed by atoms with Gasteiger partial charge in [0.1, 0.15) is 0 Å². The summed E-state index contributed by atoms with van der Waals surface area (Å²) in [4.78, 5) is 0. The van der Waals surface area contributed by atoms with Crippen molar-refractivity contribution >= 4 is 0 Å². The van der Waals surface area contributed by atoms with Gasteiger partial charge in [-0.3, -0.25) is 10.9 Å². The molecule has 2 nitrogen and oxygen atoms in total. The summed E-state index contributed by atoms with van der Waals surface area (Å²) in [6.45, 7) is 5.53. The van der Waals surface area contributed by atoms with Crippen LogP contribution in [0.2, 0.25) is 0 Å². The van der Waals surface area contributed by atoms with E-state index in [1.165, 1.54) is 5.57 Å². The lowest BCUT2D eigenvalue weighted by atomic mass is 9.89. The summed E-state index contributed by atoms with van der Waals surface area (Å²) in [6.07, 6.45) is 6.92. The van der Waals surface area contributed by atoms with Crippen LogP contribution in [0, 0.1) is 11.8 Å². The van der Waals surface area contributed by atoms with E-state index in [2.05, 4.69) is 42.9 Å². The van der Waals surface area contributed by atoms with E-state index in [4.69, 9.17) is 0 Å². The molecule has 1 aliphatic carbocycles. The first-order valence-electron chi connectivity index (χ1n) is 4.65. The van der Waals surface area contributed by atoms with Crippen LogP contribution < -0.4 is 10.9 Å². The lowest BCUT2D eigenvalue weighted by molar-refractivity contribution is 0.588. The molecule has 0 aromatic rings. The Balaban J connectivity index is 2.15. The van der Waals surface area contributed by atoms with Crippen molar-refractivity contribution in [1.82, 2.24) is 10.9 Å². The molecular formula is C10H16N2. The van der Waals surface area contributed by atoms with Crippen molar-refractivity contribution in [3.8, 4) is 0 Å². The van der Waals surface area contributed by atoms with Crippen molar-refractivity contribution in [2.45, 2.75) is 19.9 Å². The Kier molecular flexibility index (Phi) is 2.03. The molecule has 66 valence electrons. The van der Waals surface area contributed by atoms with Gasteiger partial charge in [-0.1, -0.05) is 32.1 Å². The maximum absolute atomic E-state index is 3.27. The summed E-state index contributed by atoms with van der Waals surface area (Å²) in [5, 5.41) is 0. The first-order chi connectivity index (χ1) is 5.77. The van der Waals surface area contributed by atoms with Crippen LogP contribution in [0.15, 0.2) is 23.8 Å². The van der Waals surface area contributed by atoms with E-state index in [1.807, 2.05) is 0 Å². The van der Waals surface area contributed by atoms with Crippen LogP contribution in [0.3, 0.4) is 0 Å². The van der Waals surface area contributed by atoms with E-state index in [0.717, 1.165) is 6.54 Å². The normalized spacial score (nSPS) is 33.8. The summed E-state index contributed by atoms with van der Waals surface area (Å²) in [5.41, 5.74) is 7.89. The van der Waals surface area contributed by atoms with Crippen molar-refractivity contribution in [2.75, 3.05) is 6.54 Å². The molecule has 0 radical (unpaired) electrons. The SMILES string of the molecule is CC(C)C1=CC2NNCC2C=C1. The molecule has 1 fully saturated rings. The van der Waals surface area contributed by atoms with Gasteiger partial charge in [-0.25, -0.2) is 0 Å². The van der Waals surface area contributed by atoms with Gasteiger partial charge in [0.2, 0.25) is 0 Å². The second-order valence-electron chi connectivity index (χ2n) is 3.90. The van der Waals surface area contributed by atoms with E-state index >= 15 is 0 Å². The van der Waals surface area contributed by atoms with Gasteiger partial charge in [0.25, 0.3) is 0 Å². The zero-order valence-electron chi connectivity index (χ0n) is 7.67. The van der Waals surface area contributed by atoms with Crippen molar-refractivity contribution in [3.63, 3.8) is 0 Å². The molecule has 0 saturated carbocycles. The Morgan fingerprint density at radius 2 is 2.33 bits per heavy atom. The average molecular weight is 164 g/mol. The third kappa shape index (κ3) is 1.32. The van der Waals surface area contributed by atoms with Gasteiger partial charge in [0.05, 0.1) is 0 Å². The van der Waals surface area contributed by atoms with Gasteiger partial charge in [0, 0.05) is 18.5 Å². The summed E-state index contributed by atoms with van der Waals surface area (Å²) >= 11 is 0. The van der Waals surface area contributed by atoms with Crippen LogP contribution in [0.4, 0.5) is 0 Å². The van der Waals surface area contributed by atoms with Crippen molar-refractivity contribution < 1.29 is 0 Å². The van der Waals surface area contributed by atoms with Crippen LogP contribution in [0.25, 0.3) is 0 Å². The molecule has 1 saturated heterocycles. The number of nitrogens with one attached hydrogen (secondary N) is 2. The van der Waals surface area contributed by atoms with Gasteiger partial charge in [0.15, 0.2) is 0 Å². The van der Waals surface area contributed by atoms with Gasteiger partial charge in [-0.05, 0) is 11.5 Å². The molecule has 1 heterocycles. The first-order valence-corrected chi connectivity index (χ1v) is 4.65. The molecule has 0 spiro atoms. The molecule has 12 heavy (non-hydrogen) atoms. The minimum Gasteiger partial charge on any atom is -0.257 e. The molecule has 0 bridgehead atoms. The van der Waals surface area contributed by atoms with Crippen LogP contribution in [0.5, 0.6) is 0 Å². The van der Waals surface area contributed by atoms with E-state index in [9.17, 15) is 0 Å². The Hall–Kier alpha value is -0.600. The Morgan fingerprint density at radius 3 is 3.08 bits per heavy atom. The summed E-state index contributed by atoms with van der Waals surface area (Å²) in [5.74, 6) is 1.30. The Morgan fingerprint density at radius 1 is 1.50 bits per heavy atom. The predicted molar refractivity (Wildman–Crippen MR) is 50.5 cm³/mol. The molecule has 0 amide bonds. The summed E-state index contributed by atoms with van der Waals surface area (Å²) in [7, 11) is 0. The molecular weight excluding hydrogens is 148 g/mol. The smallest absolute Gasteiger partial charge is 0.0474 e. The maximum Gasteiger partial charge on any atom is 0.0474 e. The van der Waals surface area contributed by atoms with Crippen LogP contribution in [-0.4, -0.2) is 12.6 Å². The van der Waals surface area contributed by atoms with Crippen molar-refractivity contribution in [3.05, 3.63) is 23.8 Å². The van der Waals surface area contributed by atoms with Gasteiger partial charge in [-0.2, -0.15) is 0 Å². The fraction of sp³-hybridized carbons (Fsp3) is 0.600. The number of hydrazine groups is 1.